The van der Waals surface area contributed by atoms with Crippen LogP contribution in [0.4, 0.5) is 5.69 Å². The van der Waals surface area contributed by atoms with E-state index in [1.807, 2.05) is 12.1 Å². The topological polar surface area (TPSA) is 86.5 Å². The van der Waals surface area contributed by atoms with Crippen molar-refractivity contribution in [2.45, 2.75) is 31.6 Å². The lowest BCUT2D eigenvalue weighted by molar-refractivity contribution is 0.102. The van der Waals surface area contributed by atoms with E-state index in [0.29, 0.717) is 47.7 Å². The zero-order valence-electron chi connectivity index (χ0n) is 15.9. The molecule has 2 heterocycles. The van der Waals surface area contributed by atoms with E-state index in [4.69, 9.17) is 14.0 Å². The molecular formula is C22H21N3O4. The van der Waals surface area contributed by atoms with Crippen molar-refractivity contribution in [3.05, 3.63) is 53.9 Å². The van der Waals surface area contributed by atoms with Crippen LogP contribution in [0.1, 0.15) is 47.8 Å². The number of fused-ring (bicyclic) bond motifs is 1. The average molecular weight is 391 g/mol. The van der Waals surface area contributed by atoms with E-state index in [0.717, 1.165) is 24.3 Å². The largest absolute Gasteiger partial charge is 0.486 e. The summed E-state index contributed by atoms with van der Waals surface area (Å²) >= 11 is 0. The van der Waals surface area contributed by atoms with Crippen LogP contribution >= 0.6 is 0 Å². The quantitative estimate of drug-likeness (QED) is 0.709. The Bertz CT molecular complexity index is 1020. The smallest absolute Gasteiger partial charge is 0.255 e. The summed E-state index contributed by atoms with van der Waals surface area (Å²) in [6.07, 6.45) is 4.66. The van der Waals surface area contributed by atoms with E-state index in [1.165, 1.54) is 12.8 Å². The van der Waals surface area contributed by atoms with Crippen molar-refractivity contribution < 1.29 is 18.8 Å². The highest BCUT2D eigenvalue weighted by Gasteiger charge is 2.23. The number of carbonyl (C=O) groups is 1. The summed E-state index contributed by atoms with van der Waals surface area (Å²) in [6.45, 7) is 1.04. The van der Waals surface area contributed by atoms with Crippen LogP contribution in [0, 0.1) is 0 Å². The Labute approximate surface area is 168 Å². The zero-order chi connectivity index (χ0) is 19.6. The van der Waals surface area contributed by atoms with Gasteiger partial charge in [-0.2, -0.15) is 4.98 Å². The molecule has 1 aliphatic carbocycles. The Morgan fingerprint density at radius 1 is 0.966 bits per heavy atom. The highest BCUT2D eigenvalue weighted by atomic mass is 16.6. The fourth-order valence-corrected chi connectivity index (χ4v) is 3.79. The molecule has 0 unspecified atom stereocenters. The summed E-state index contributed by atoms with van der Waals surface area (Å²) < 4.78 is 16.5. The van der Waals surface area contributed by atoms with Crippen LogP contribution in [0.2, 0.25) is 0 Å². The Kier molecular flexibility index (Phi) is 4.63. The standard InChI is InChI=1S/C22H21N3O4/c26-21(23-17-9-10-18-19(13-17)28-12-11-27-18)15-7-5-14(6-8-15)20-24-22(29-25-20)16-3-1-2-4-16/h5-10,13,16H,1-4,11-12H2,(H,23,26). The Morgan fingerprint density at radius 3 is 2.52 bits per heavy atom. The van der Waals surface area contributed by atoms with Gasteiger partial charge in [-0.1, -0.05) is 30.1 Å². The van der Waals surface area contributed by atoms with Gasteiger partial charge < -0.3 is 19.3 Å². The number of benzene rings is 2. The third-order valence-corrected chi connectivity index (χ3v) is 5.35. The van der Waals surface area contributed by atoms with Crippen molar-refractivity contribution in [2.24, 2.45) is 0 Å². The maximum Gasteiger partial charge on any atom is 0.255 e. The van der Waals surface area contributed by atoms with Gasteiger partial charge >= 0.3 is 0 Å². The molecule has 0 bridgehead atoms. The van der Waals surface area contributed by atoms with Crippen LogP contribution in [0.15, 0.2) is 47.0 Å². The van der Waals surface area contributed by atoms with Crippen LogP contribution in [0.5, 0.6) is 11.5 Å². The lowest BCUT2D eigenvalue weighted by Crippen LogP contribution is -2.16. The second-order valence-corrected chi connectivity index (χ2v) is 7.33. The van der Waals surface area contributed by atoms with Crippen molar-refractivity contribution in [1.82, 2.24) is 10.1 Å². The highest BCUT2D eigenvalue weighted by Crippen LogP contribution is 2.34. The summed E-state index contributed by atoms with van der Waals surface area (Å²) in [5.41, 5.74) is 2.03. The first kappa shape index (κ1) is 17.7. The van der Waals surface area contributed by atoms with E-state index in [1.54, 1.807) is 30.3 Å². The summed E-state index contributed by atoms with van der Waals surface area (Å²) in [5, 5.41) is 6.99. The molecule has 7 heteroatoms. The molecule has 0 spiro atoms. The Hall–Kier alpha value is -3.35. The summed E-state index contributed by atoms with van der Waals surface area (Å²) in [7, 11) is 0. The van der Waals surface area contributed by atoms with Crippen LogP contribution in [0.25, 0.3) is 11.4 Å². The lowest BCUT2D eigenvalue weighted by Gasteiger charge is -2.19. The first-order valence-corrected chi connectivity index (χ1v) is 9.91. The normalized spacial score (nSPS) is 16.0. The maximum absolute atomic E-state index is 12.6. The van der Waals surface area contributed by atoms with E-state index in [9.17, 15) is 4.79 Å². The van der Waals surface area contributed by atoms with Crippen molar-refractivity contribution in [3.8, 4) is 22.9 Å². The van der Waals surface area contributed by atoms with Crippen LogP contribution < -0.4 is 14.8 Å². The summed E-state index contributed by atoms with van der Waals surface area (Å²) in [5.74, 6) is 2.79. The molecule has 0 atom stereocenters. The lowest BCUT2D eigenvalue weighted by atomic mass is 10.1. The molecule has 1 amide bonds. The molecule has 148 valence electrons. The second kappa shape index (κ2) is 7.58. The molecular weight excluding hydrogens is 370 g/mol. The number of ether oxygens (including phenoxy) is 2. The molecule has 1 N–H and O–H groups in total. The van der Waals surface area contributed by atoms with Gasteiger partial charge in [0.15, 0.2) is 11.5 Å². The van der Waals surface area contributed by atoms with Crippen molar-refractivity contribution in [2.75, 3.05) is 18.5 Å². The maximum atomic E-state index is 12.6. The minimum Gasteiger partial charge on any atom is -0.486 e. The number of rotatable bonds is 4. The summed E-state index contributed by atoms with van der Waals surface area (Å²) in [4.78, 5) is 17.1. The minimum absolute atomic E-state index is 0.201. The molecule has 3 aromatic rings. The molecule has 29 heavy (non-hydrogen) atoms. The van der Waals surface area contributed by atoms with Crippen molar-refractivity contribution >= 4 is 11.6 Å². The molecule has 1 aromatic heterocycles. The summed E-state index contributed by atoms with van der Waals surface area (Å²) in [6, 6.07) is 12.5. The molecule has 5 rings (SSSR count). The first-order valence-electron chi connectivity index (χ1n) is 9.91. The molecule has 0 radical (unpaired) electrons. The van der Waals surface area contributed by atoms with Gasteiger partial charge in [0.25, 0.3) is 5.91 Å². The average Bonchev–Trinajstić information content (AvgIpc) is 3.46. The zero-order valence-corrected chi connectivity index (χ0v) is 15.9. The number of hydrogen-bond donors (Lipinski definition) is 1. The van der Waals surface area contributed by atoms with Gasteiger partial charge in [0.05, 0.1) is 0 Å². The third-order valence-electron chi connectivity index (χ3n) is 5.35. The monoisotopic (exact) mass is 391 g/mol. The van der Waals surface area contributed by atoms with Gasteiger partial charge in [-0.15, -0.1) is 0 Å². The minimum atomic E-state index is -0.201. The number of hydrogen-bond acceptors (Lipinski definition) is 6. The van der Waals surface area contributed by atoms with Gasteiger partial charge in [-0.05, 0) is 37.1 Å². The predicted molar refractivity (Wildman–Crippen MR) is 106 cm³/mol. The van der Waals surface area contributed by atoms with E-state index in [2.05, 4.69) is 15.5 Å². The molecule has 2 aliphatic rings. The van der Waals surface area contributed by atoms with Gasteiger partial charge in [0, 0.05) is 28.8 Å². The van der Waals surface area contributed by atoms with Crippen molar-refractivity contribution in [1.29, 1.82) is 0 Å². The number of aromatic nitrogens is 2. The van der Waals surface area contributed by atoms with Crippen molar-refractivity contribution in [3.63, 3.8) is 0 Å². The molecule has 2 aromatic carbocycles. The van der Waals surface area contributed by atoms with Crippen LogP contribution in [-0.2, 0) is 0 Å². The third kappa shape index (κ3) is 3.68. The molecule has 7 nitrogen and oxygen atoms in total. The van der Waals surface area contributed by atoms with E-state index >= 15 is 0 Å². The number of amides is 1. The molecule has 1 saturated carbocycles. The predicted octanol–water partition coefficient (Wildman–Crippen LogP) is 4.42. The number of anilines is 1. The van der Waals surface area contributed by atoms with Gasteiger partial charge in [-0.3, -0.25) is 4.79 Å². The second-order valence-electron chi connectivity index (χ2n) is 7.33. The van der Waals surface area contributed by atoms with Crippen LogP contribution in [-0.4, -0.2) is 29.3 Å². The van der Waals surface area contributed by atoms with Gasteiger partial charge in [0.2, 0.25) is 11.7 Å². The van der Waals surface area contributed by atoms with E-state index in [-0.39, 0.29) is 5.91 Å². The first-order chi connectivity index (χ1) is 14.3. The number of nitrogens with zero attached hydrogens (tertiary/aromatic N) is 2. The van der Waals surface area contributed by atoms with Gasteiger partial charge in [-0.25, -0.2) is 0 Å². The Balaban J connectivity index is 1.28. The molecule has 1 fully saturated rings. The fraction of sp³-hybridized carbons (Fsp3) is 0.318. The van der Waals surface area contributed by atoms with E-state index < -0.39 is 0 Å². The SMILES string of the molecule is O=C(Nc1ccc2c(c1)OCCO2)c1ccc(-c2noc(C3CCCC3)n2)cc1. The number of carbonyl (C=O) groups excluding carboxylic acids is 1. The highest BCUT2D eigenvalue weighted by molar-refractivity contribution is 6.04. The fourth-order valence-electron chi connectivity index (χ4n) is 3.79. The Morgan fingerprint density at radius 2 is 1.72 bits per heavy atom. The number of nitrogens with one attached hydrogen (secondary N) is 1. The molecule has 0 saturated heterocycles. The molecule has 1 aliphatic heterocycles. The van der Waals surface area contributed by atoms with Gasteiger partial charge in [0.1, 0.15) is 13.2 Å². The van der Waals surface area contributed by atoms with Crippen LogP contribution in [0.3, 0.4) is 0 Å².